The van der Waals surface area contributed by atoms with Crippen LogP contribution in [0.1, 0.15) is 126 Å². The van der Waals surface area contributed by atoms with Crippen molar-refractivity contribution >= 4 is 157 Å². The van der Waals surface area contributed by atoms with E-state index in [1.165, 1.54) is 115 Å². The molecule has 18 aromatic rings. The van der Waals surface area contributed by atoms with Crippen LogP contribution in [0.3, 0.4) is 0 Å². The molecule has 0 heterocycles. The average Bonchev–Trinajstić information content (AvgIpc) is 0.736. The predicted molar refractivity (Wildman–Crippen MR) is 477 cm³/mol. The van der Waals surface area contributed by atoms with Crippen molar-refractivity contribution in [2.45, 2.75) is 27.7 Å². The monoisotopic (exact) mass is 2030 g/mol. The van der Waals surface area contributed by atoms with Crippen LogP contribution in [0.2, 0.25) is 0 Å². The lowest BCUT2D eigenvalue weighted by atomic mass is 9.98. The van der Waals surface area contributed by atoms with Gasteiger partial charge in [0.25, 0.3) is 0 Å². The van der Waals surface area contributed by atoms with Gasteiger partial charge in [-0.3, -0.25) is 0 Å². The van der Waals surface area contributed by atoms with Gasteiger partial charge in [0.05, 0.1) is 67.2 Å². The van der Waals surface area contributed by atoms with Crippen molar-refractivity contribution in [2.24, 2.45) is 0 Å². The van der Waals surface area contributed by atoms with E-state index in [2.05, 4.69) is 0 Å². The zero-order valence-electron chi connectivity index (χ0n) is 74.3. The highest BCUT2D eigenvalue weighted by Gasteiger charge is 2.32. The van der Waals surface area contributed by atoms with Crippen LogP contribution >= 0.6 is 0 Å². The van der Waals surface area contributed by atoms with Crippen LogP contribution in [0, 0.1) is 103 Å². The van der Waals surface area contributed by atoms with Crippen molar-refractivity contribution in [2.75, 3.05) is 0 Å². The Hall–Kier alpha value is -19.9. The van der Waals surface area contributed by atoms with Crippen LogP contribution in [0.5, 0.6) is 57.5 Å². The lowest BCUT2D eigenvalue weighted by Gasteiger charge is -2.17. The predicted octanol–water partition coefficient (Wildman–Crippen LogP) is 14.9. The van der Waals surface area contributed by atoms with Crippen molar-refractivity contribution in [3.63, 3.8) is 0 Å². The summed E-state index contributed by atoms with van der Waals surface area (Å²) in [5.74, 6) is -50.6. The van der Waals surface area contributed by atoms with Gasteiger partial charge in [0, 0.05) is 21.9 Å². The third-order valence-corrected chi connectivity index (χ3v) is 21.5. The summed E-state index contributed by atoms with van der Waals surface area (Å²) in [7, 11) is 0. The molecule has 10 N–H and O–H groups in total. The largest absolute Gasteiger partial charge is 0.872 e. The molecule has 0 aliphatic heterocycles. The van der Waals surface area contributed by atoms with Gasteiger partial charge in [-0.2, -0.15) is 0 Å². The first-order valence-electron chi connectivity index (χ1n) is 40.8. The van der Waals surface area contributed by atoms with E-state index in [9.17, 15) is 166 Å². The van der Waals surface area contributed by atoms with Crippen LogP contribution in [0.25, 0.3) is 97.0 Å². The summed E-state index contributed by atoms with van der Waals surface area (Å²) in [5, 5.41) is 202. The zero-order chi connectivity index (χ0) is 109. The van der Waals surface area contributed by atoms with Crippen molar-refractivity contribution in [3.8, 4) is 57.5 Å². The number of fused-ring (bicyclic) bond motifs is 9. The third kappa shape index (κ3) is 22.9. The molecule has 0 saturated heterocycles. The summed E-state index contributed by atoms with van der Waals surface area (Å²) in [6, 6.07) is 52.5. The van der Waals surface area contributed by atoms with Crippen LogP contribution < -0.4 is 51.1 Å². The number of hydrogen-bond acceptors (Lipinski definition) is 22. The van der Waals surface area contributed by atoms with Crippen molar-refractivity contribution < 1.29 is 207 Å². The van der Waals surface area contributed by atoms with Gasteiger partial charge < -0.3 is 112 Å². The van der Waals surface area contributed by atoms with E-state index in [1.807, 2.05) is 45.9 Å². The molecule has 0 bridgehead atoms. The fourth-order valence-corrected chi connectivity index (χ4v) is 14.6. The molecule has 18 aromatic carbocycles. The van der Waals surface area contributed by atoms with Crippen molar-refractivity contribution in [3.05, 3.63) is 366 Å². The van der Waals surface area contributed by atoms with Crippen molar-refractivity contribution in [1.82, 2.24) is 0 Å². The van der Waals surface area contributed by atoms with Gasteiger partial charge in [0.15, 0.2) is 69.8 Å². The highest BCUT2D eigenvalue weighted by Crippen LogP contribution is 2.42. The smallest absolute Gasteiger partial charge is 0.338 e. The van der Waals surface area contributed by atoms with Gasteiger partial charge in [-0.25, -0.2) is 95.4 Å². The van der Waals surface area contributed by atoms with E-state index in [0.29, 0.717) is 53.9 Å². The summed E-state index contributed by atoms with van der Waals surface area (Å²) in [6.45, 7) is 7.70. The Kier molecular flexibility index (Phi) is 33.2. The van der Waals surface area contributed by atoms with E-state index >= 15 is 0 Å². The van der Waals surface area contributed by atoms with E-state index in [4.69, 9.17) is 40.9 Å². The maximum absolute atomic E-state index is 13.5. The molecule has 0 aliphatic carbocycles. The molecule has 754 valence electrons. The molecule has 0 aliphatic rings. The Morgan fingerprint density at radius 3 is 0.932 bits per heavy atom. The number of benzene rings is 18. The van der Waals surface area contributed by atoms with Crippen LogP contribution in [-0.4, -0.2) is 111 Å². The maximum atomic E-state index is 13.5. The topological polar surface area (TPSA) is 604 Å². The lowest BCUT2D eigenvalue weighted by Crippen LogP contribution is -2.30. The van der Waals surface area contributed by atoms with Gasteiger partial charge in [-0.05, 0) is 163 Å². The van der Waals surface area contributed by atoms with Gasteiger partial charge in [0.1, 0.15) is 17.3 Å². The first kappa shape index (κ1) is 109. The van der Waals surface area contributed by atoms with Crippen LogP contribution in [-0.2, 0) is 0 Å². The minimum absolute atomic E-state index is 0.0393. The Morgan fingerprint density at radius 2 is 0.524 bits per heavy atom. The van der Waals surface area contributed by atoms with E-state index < -0.39 is 214 Å². The molecule has 0 aromatic heterocycles. The fraction of sp³-hybridized carbons (Fsp3) is 0.0385. The zero-order valence-corrected chi connectivity index (χ0v) is 74.3. The van der Waals surface area contributed by atoms with E-state index in [1.54, 1.807) is 66.7 Å². The van der Waals surface area contributed by atoms with Gasteiger partial charge in [-0.15, -0.1) is 0 Å². The molecule has 147 heavy (non-hydrogen) atoms. The summed E-state index contributed by atoms with van der Waals surface area (Å²) >= 11 is 0. The molecule has 0 spiro atoms. The van der Waals surface area contributed by atoms with E-state index in [0.717, 1.165) is 50.5 Å². The summed E-state index contributed by atoms with van der Waals surface area (Å²) < 4.78 is 172. The minimum Gasteiger partial charge on any atom is -0.872 e. The molecule has 0 amide bonds. The summed E-state index contributed by atoms with van der Waals surface area (Å²) in [4.78, 5) is 108. The SMILES string of the molecule is Cc1cc2ccc([O-])c(C(=O)O)c2cc1C.Cc1ccc2c(C(=O)O)c([O-])ccc2c1.Cc1ccc2c(C(=O)O)c([O-])ccc2c1.O=C(O)c1c(F)c(F)c2c(F)c(F)c(F)c(F)c2c1[O-].O=C(O)c1c([O-])c(F)c(F)c2c(F)c(F)c(F)c(F)c12.O=C(O)c1c([O-])ccc2cc(F)ccc12.O=C(O)c1c([O-])ccc2cc(O)ccc12.O=C(O)c1ccc2cc(O)ccc2c1[O-].O=C([O-])c1ccc2ccccc2c1C(=O)[O-]. The quantitative estimate of drug-likeness (QED) is 0.0345. The molecule has 43 heteroatoms. The molecule has 0 unspecified atom stereocenters. The molecule has 0 saturated carbocycles. The van der Waals surface area contributed by atoms with Crippen LogP contribution in [0.4, 0.5) is 57.1 Å². The summed E-state index contributed by atoms with van der Waals surface area (Å²) in [5.41, 5.74) is -1.36. The second kappa shape index (κ2) is 44.7. The highest BCUT2D eigenvalue weighted by atomic mass is 19.2. The lowest BCUT2D eigenvalue weighted by molar-refractivity contribution is -0.273. The summed E-state index contributed by atoms with van der Waals surface area (Å²) in [6.07, 6.45) is 0. The van der Waals surface area contributed by atoms with E-state index in [-0.39, 0.29) is 61.4 Å². The number of rotatable bonds is 10. The minimum atomic E-state index is -2.46. The number of phenolic OH excluding ortho intramolecular Hbond substituents is 2. The Morgan fingerprint density at radius 1 is 0.218 bits per heavy atom. The Balaban J connectivity index is 0.000000170. The first-order valence-corrected chi connectivity index (χ1v) is 40.8. The molecule has 30 nitrogen and oxygen atoms in total. The highest BCUT2D eigenvalue weighted by molar-refractivity contribution is 6.14. The molecule has 0 atom stereocenters. The first-order chi connectivity index (χ1) is 69.0. The molecular weight excluding hydrogens is 1980 g/mol. The third-order valence-electron chi connectivity index (χ3n) is 21.5. The average molecular weight is 2030 g/mol. The number of carboxylic acids is 10. The number of carbonyl (C=O) groups excluding carboxylic acids is 2. The number of carbonyl (C=O) groups is 10. The molecule has 0 fully saturated rings. The second-order valence-corrected chi connectivity index (χ2v) is 30.8. The number of aromatic carboxylic acids is 10. The molecular formula is C104H57F13O30-10. The number of aromatic hydroxyl groups is 2. The molecule has 0 radical (unpaired) electrons. The van der Waals surface area contributed by atoms with Gasteiger partial charge in [0.2, 0.25) is 0 Å². The second-order valence-electron chi connectivity index (χ2n) is 30.8. The maximum Gasteiger partial charge on any atom is 0.338 e. The van der Waals surface area contributed by atoms with Crippen molar-refractivity contribution in [1.29, 1.82) is 0 Å². The number of carboxylic acid groups (broad SMARTS) is 10. The number of halogens is 13. The number of hydrogen-bond donors (Lipinski definition) is 10. The Labute approximate surface area is 811 Å². The van der Waals surface area contributed by atoms with Gasteiger partial charge >= 0.3 is 47.8 Å². The fourth-order valence-electron chi connectivity index (χ4n) is 14.6. The number of phenols is 2. The van der Waals surface area contributed by atoms with Crippen LogP contribution in [0.15, 0.2) is 212 Å². The van der Waals surface area contributed by atoms with Gasteiger partial charge in [-0.1, -0.05) is 221 Å². The number of aryl methyl sites for hydroxylation is 4. The molecule has 18 rings (SSSR count). The standard InChI is InChI=1S/C13H12O3.C12H8O4.2C12H10O3.2C11H2F6O3.C11H7FO3.2C11H8O4/c1-7-5-9-3-4-11(14)12(13(15)16)10(9)6-8(7)2;13-11(14)9-6-5-7-3-1-2-4-8(7)10(9)12(15)16;2*1-7-2-4-9-8(6-7)3-5-10(13)11(9)12(14)15;12-4-1-2(6(14)9(17)8(16)5(1)13)10(18)3(7(4)15)11(19)20;12-4-1-2(5(13)8(16)7(4)15)6(14)9(17)10(18)3(1)11(19)20;2*12-7-2-3-8-6(5-7)1-4-9(13)10(8)11(14)15;12-7-2-4-8-6(5-7)1-3-9(10(8)13)11(14)15/h3-6,14H,1-2H3,(H,15,16);1-6H,(H,13,14)(H,15,16);2*2-6,13H,1H3,(H,14,15);2*18H,(H,19,20);1-5,13H,(H,14,15);2*1-5,12-13H,(H,14,15)/p-10. The Bertz CT molecular complexity index is 8140. The normalized spacial score (nSPS) is 10.6.